The van der Waals surface area contributed by atoms with Gasteiger partial charge in [0.2, 0.25) is 5.91 Å². The summed E-state index contributed by atoms with van der Waals surface area (Å²) in [5, 5.41) is 19.9. The minimum atomic E-state index is -0.443. The maximum atomic E-state index is 11.6. The Balaban J connectivity index is 0.00000101. The highest BCUT2D eigenvalue weighted by Crippen LogP contribution is 2.19. The first kappa shape index (κ1) is 39.3. The molecule has 0 aromatic heterocycles. The van der Waals surface area contributed by atoms with Gasteiger partial charge in [0.05, 0.1) is 39.6 Å². The largest absolute Gasteiger partial charge is 0.490 e. The van der Waals surface area contributed by atoms with Crippen LogP contribution in [0.15, 0.2) is 36.4 Å². The van der Waals surface area contributed by atoms with Crippen molar-refractivity contribution in [2.24, 2.45) is 5.92 Å². The normalized spacial score (nSPS) is 11.6. The number of carbonyl (C=O) groups excluding carboxylic acids is 2. The van der Waals surface area contributed by atoms with Gasteiger partial charge in [-0.15, -0.1) is 0 Å². The Morgan fingerprint density at radius 1 is 1.05 bits per heavy atom. The number of thioether (sulfide) groups is 1. The van der Waals surface area contributed by atoms with E-state index >= 15 is 0 Å². The van der Waals surface area contributed by atoms with Crippen LogP contribution in [0.2, 0.25) is 0 Å². The zero-order valence-electron chi connectivity index (χ0n) is 25.8. The Hall–Kier alpha value is -2.66. The summed E-state index contributed by atoms with van der Waals surface area (Å²) in [6.07, 6.45) is 5.27. The number of hydrogen-bond donors (Lipinski definition) is 3. The van der Waals surface area contributed by atoms with Crippen LogP contribution in [-0.2, 0) is 28.5 Å². The van der Waals surface area contributed by atoms with Gasteiger partial charge in [-0.05, 0) is 29.8 Å². The summed E-state index contributed by atoms with van der Waals surface area (Å²) in [5.74, 6) is 0.975. The van der Waals surface area contributed by atoms with Gasteiger partial charge in [-0.25, -0.2) is 0 Å². The Morgan fingerprint density at radius 2 is 1.79 bits per heavy atom. The van der Waals surface area contributed by atoms with Crippen molar-refractivity contribution in [3.05, 3.63) is 36.4 Å². The fourth-order valence-corrected chi connectivity index (χ4v) is 3.34. The standard InChI is InChI=1S/C20H29N3O4S.C10H21NO3/c1-16(2)6-5-9-23-19(24)13-25-10-11-26-20(28-15-21)14-27-18-8-4-7-17(12-18)22-3;1-10(2)11-4-7-14-9-8-13-6-3-5-12/h4-8,12,16,20,22H,9-11,13-14H2,1-3H3,(H,23,24);5,10-11H,3-4,6-9H2,1-2H3/b6-5+;. The highest BCUT2D eigenvalue weighted by molar-refractivity contribution is 8.04. The van der Waals surface area contributed by atoms with Gasteiger partial charge in [0.25, 0.3) is 0 Å². The van der Waals surface area contributed by atoms with E-state index in [1.165, 1.54) is 0 Å². The van der Waals surface area contributed by atoms with Gasteiger partial charge >= 0.3 is 0 Å². The van der Waals surface area contributed by atoms with E-state index in [-0.39, 0.29) is 32.3 Å². The number of carbonyl (C=O) groups is 2. The van der Waals surface area contributed by atoms with E-state index in [9.17, 15) is 9.59 Å². The molecule has 1 amide bonds. The Morgan fingerprint density at radius 3 is 2.45 bits per heavy atom. The van der Waals surface area contributed by atoms with Crippen molar-refractivity contribution in [3.63, 3.8) is 0 Å². The van der Waals surface area contributed by atoms with Crippen molar-refractivity contribution in [1.82, 2.24) is 10.6 Å². The fraction of sp³-hybridized carbons (Fsp3) is 0.633. The topological polar surface area (TPSA) is 140 Å². The monoisotopic (exact) mass is 610 g/mol. The second-order valence-corrected chi connectivity index (χ2v) is 10.4. The van der Waals surface area contributed by atoms with Crippen LogP contribution in [0.1, 0.15) is 34.1 Å². The molecule has 0 radical (unpaired) electrons. The summed E-state index contributed by atoms with van der Waals surface area (Å²) in [7, 11) is 1.83. The Bertz CT molecular complexity index is 881. The van der Waals surface area contributed by atoms with Crippen LogP contribution in [-0.4, -0.2) is 96.7 Å². The van der Waals surface area contributed by atoms with Crippen LogP contribution < -0.4 is 20.7 Å². The minimum absolute atomic E-state index is 0.0255. The predicted octanol–water partition coefficient (Wildman–Crippen LogP) is 3.62. The molecule has 1 aromatic carbocycles. The molecule has 0 spiro atoms. The molecule has 1 unspecified atom stereocenters. The van der Waals surface area contributed by atoms with E-state index in [1.54, 1.807) is 0 Å². The quantitative estimate of drug-likeness (QED) is 0.0520. The number of anilines is 1. The van der Waals surface area contributed by atoms with E-state index in [0.717, 1.165) is 30.3 Å². The number of thiocyanates is 1. The van der Waals surface area contributed by atoms with Crippen LogP contribution >= 0.6 is 11.8 Å². The molecule has 1 atom stereocenters. The Kier molecular flexibility index (Phi) is 26.7. The molecule has 42 heavy (non-hydrogen) atoms. The van der Waals surface area contributed by atoms with E-state index in [1.807, 2.05) is 48.9 Å². The molecule has 0 heterocycles. The average molecular weight is 611 g/mol. The van der Waals surface area contributed by atoms with Crippen molar-refractivity contribution < 1.29 is 33.3 Å². The smallest absolute Gasteiger partial charge is 0.246 e. The molecule has 238 valence electrons. The van der Waals surface area contributed by atoms with Gasteiger partial charge in [0.15, 0.2) is 5.44 Å². The third-order valence-corrected chi connectivity index (χ3v) is 5.59. The molecule has 0 bridgehead atoms. The summed E-state index contributed by atoms with van der Waals surface area (Å²) in [4.78, 5) is 21.5. The van der Waals surface area contributed by atoms with E-state index in [4.69, 9.17) is 28.9 Å². The summed E-state index contributed by atoms with van der Waals surface area (Å²) in [5.41, 5.74) is 0.496. The lowest BCUT2D eigenvalue weighted by Crippen LogP contribution is -2.28. The van der Waals surface area contributed by atoms with Crippen LogP contribution in [0, 0.1) is 16.6 Å². The molecule has 1 aromatic rings. The number of nitrogens with zero attached hydrogens (tertiary/aromatic N) is 1. The second-order valence-electron chi connectivity index (χ2n) is 9.42. The number of benzene rings is 1. The Labute approximate surface area is 256 Å². The first-order chi connectivity index (χ1) is 20.3. The van der Waals surface area contributed by atoms with Crippen molar-refractivity contribution in [2.75, 3.05) is 78.3 Å². The van der Waals surface area contributed by atoms with E-state index in [0.29, 0.717) is 57.1 Å². The number of ether oxygens (including phenoxy) is 5. The third kappa shape index (κ3) is 26.3. The molecule has 0 saturated carbocycles. The molecule has 0 saturated heterocycles. The lowest BCUT2D eigenvalue weighted by atomic mass is 10.2. The van der Waals surface area contributed by atoms with E-state index in [2.05, 4.69) is 43.6 Å². The van der Waals surface area contributed by atoms with Crippen LogP contribution in [0.25, 0.3) is 0 Å². The van der Waals surface area contributed by atoms with Crippen LogP contribution in [0.3, 0.4) is 0 Å². The maximum Gasteiger partial charge on any atom is 0.246 e. The molecule has 1 rings (SSSR count). The van der Waals surface area contributed by atoms with Gasteiger partial charge in [-0.2, -0.15) is 5.26 Å². The summed E-state index contributed by atoms with van der Waals surface area (Å²) < 4.78 is 27.0. The molecule has 11 nitrogen and oxygen atoms in total. The molecule has 0 aliphatic rings. The second kappa shape index (κ2) is 28.5. The molecule has 0 aliphatic heterocycles. The highest BCUT2D eigenvalue weighted by Gasteiger charge is 2.11. The predicted molar refractivity (Wildman–Crippen MR) is 168 cm³/mol. The number of rotatable bonds is 24. The number of hydrogen-bond acceptors (Lipinski definition) is 11. The molecule has 0 fully saturated rings. The summed E-state index contributed by atoms with van der Waals surface area (Å²) in [6, 6.07) is 8.02. The van der Waals surface area contributed by atoms with Gasteiger partial charge in [0, 0.05) is 44.4 Å². The third-order valence-electron chi connectivity index (χ3n) is 4.95. The lowest BCUT2D eigenvalue weighted by molar-refractivity contribution is -0.126. The van der Waals surface area contributed by atoms with Crippen LogP contribution in [0.5, 0.6) is 5.75 Å². The number of nitrogens with one attached hydrogen (secondary N) is 3. The molecular weight excluding hydrogens is 560 g/mol. The molecule has 3 N–H and O–H groups in total. The SMILES string of the molecule is CC(C)NCCOCCOCCC=O.CNc1cccc(OCC(OCCOCC(=O)NC/C=C/C(C)C)SC#N)c1. The zero-order valence-corrected chi connectivity index (χ0v) is 26.6. The summed E-state index contributed by atoms with van der Waals surface area (Å²) in [6.45, 7) is 12.8. The van der Waals surface area contributed by atoms with Crippen molar-refractivity contribution in [1.29, 1.82) is 5.26 Å². The van der Waals surface area contributed by atoms with Crippen molar-refractivity contribution in [3.8, 4) is 11.2 Å². The lowest BCUT2D eigenvalue weighted by Gasteiger charge is -2.15. The first-order valence-corrected chi connectivity index (χ1v) is 15.1. The van der Waals surface area contributed by atoms with E-state index < -0.39 is 5.44 Å². The highest BCUT2D eigenvalue weighted by atomic mass is 32.2. The van der Waals surface area contributed by atoms with Gasteiger partial charge in [-0.3, -0.25) is 4.79 Å². The van der Waals surface area contributed by atoms with Gasteiger partial charge in [0.1, 0.15) is 30.7 Å². The zero-order chi connectivity index (χ0) is 31.3. The van der Waals surface area contributed by atoms with Gasteiger partial charge in [-0.1, -0.05) is 45.9 Å². The average Bonchev–Trinajstić information content (AvgIpc) is 2.97. The van der Waals surface area contributed by atoms with Crippen molar-refractivity contribution >= 4 is 29.6 Å². The molecule has 12 heteroatoms. The van der Waals surface area contributed by atoms with Gasteiger partial charge < -0.3 is 44.4 Å². The maximum absolute atomic E-state index is 11.6. The van der Waals surface area contributed by atoms with Crippen LogP contribution in [0.4, 0.5) is 5.69 Å². The fourth-order valence-electron chi connectivity index (χ4n) is 2.92. The first-order valence-electron chi connectivity index (χ1n) is 14.2. The van der Waals surface area contributed by atoms with Crippen molar-refractivity contribution in [2.45, 2.75) is 45.6 Å². The number of amides is 1. The number of aldehydes is 1. The minimum Gasteiger partial charge on any atom is -0.490 e. The summed E-state index contributed by atoms with van der Waals surface area (Å²) >= 11 is 0.986. The molecular formula is C30H50N4O7S. The number of nitriles is 1. The molecule has 0 aliphatic carbocycles. The number of allylic oxidation sites excluding steroid dienone is 1.